The smallest absolute Gasteiger partial charge is 0.251 e. The molecule has 3 N–H and O–H groups in total. The molecule has 1 aromatic rings. The van der Waals surface area contributed by atoms with Crippen molar-refractivity contribution in [2.24, 2.45) is 0 Å². The fraction of sp³-hybridized carbons (Fsp3) is 0.556. The molecule has 2 amide bonds. The highest BCUT2D eigenvalue weighted by Crippen LogP contribution is 2.14. The highest BCUT2D eigenvalue weighted by Gasteiger charge is 2.18. The van der Waals surface area contributed by atoms with Crippen LogP contribution in [0, 0.1) is 0 Å². The lowest BCUT2D eigenvalue weighted by molar-refractivity contribution is -0.116. The largest absolute Gasteiger partial charge is 0.381 e. The van der Waals surface area contributed by atoms with E-state index < -0.39 is 0 Å². The van der Waals surface area contributed by atoms with Gasteiger partial charge in [-0.2, -0.15) is 11.8 Å². The number of benzene rings is 1. The van der Waals surface area contributed by atoms with Crippen molar-refractivity contribution in [3.05, 3.63) is 29.8 Å². The van der Waals surface area contributed by atoms with Crippen molar-refractivity contribution in [1.29, 1.82) is 0 Å². The summed E-state index contributed by atoms with van der Waals surface area (Å²) in [4.78, 5) is 24.4. The zero-order valence-electron chi connectivity index (χ0n) is 14.7. The molecule has 0 bridgehead atoms. The molecule has 0 spiro atoms. The molecule has 6 nitrogen and oxygen atoms in total. The van der Waals surface area contributed by atoms with Gasteiger partial charge in [-0.15, -0.1) is 12.4 Å². The van der Waals surface area contributed by atoms with Gasteiger partial charge in [0.15, 0.2) is 0 Å². The molecule has 0 aromatic heterocycles. The van der Waals surface area contributed by atoms with Crippen molar-refractivity contribution in [1.82, 2.24) is 10.6 Å². The summed E-state index contributed by atoms with van der Waals surface area (Å²) in [6.45, 7) is 2.36. The summed E-state index contributed by atoms with van der Waals surface area (Å²) in [5, 5.41) is 9.29. The van der Waals surface area contributed by atoms with Gasteiger partial charge in [0.05, 0.1) is 0 Å². The van der Waals surface area contributed by atoms with Crippen LogP contribution in [0.5, 0.6) is 0 Å². The highest BCUT2D eigenvalue weighted by atomic mass is 35.5. The lowest BCUT2D eigenvalue weighted by Crippen LogP contribution is -2.39. The van der Waals surface area contributed by atoms with E-state index in [2.05, 4.69) is 16.0 Å². The van der Waals surface area contributed by atoms with Crippen LogP contribution in [0.25, 0.3) is 0 Å². The van der Waals surface area contributed by atoms with Crippen LogP contribution in [-0.4, -0.2) is 55.2 Å². The summed E-state index contributed by atoms with van der Waals surface area (Å²) in [5.74, 6) is 2.00. The van der Waals surface area contributed by atoms with Gasteiger partial charge in [0.25, 0.3) is 5.91 Å². The van der Waals surface area contributed by atoms with Gasteiger partial charge in [-0.3, -0.25) is 9.59 Å². The third-order valence-corrected chi connectivity index (χ3v) is 5.55. The maximum Gasteiger partial charge on any atom is 0.251 e. The van der Waals surface area contributed by atoms with Crippen LogP contribution >= 0.6 is 24.2 Å². The van der Waals surface area contributed by atoms with Crippen LogP contribution < -0.4 is 16.0 Å². The molecule has 26 heavy (non-hydrogen) atoms. The minimum atomic E-state index is -0.0757. The average molecular weight is 400 g/mol. The van der Waals surface area contributed by atoms with Crippen LogP contribution in [0.2, 0.25) is 0 Å². The van der Waals surface area contributed by atoms with Gasteiger partial charge in [0.2, 0.25) is 5.91 Å². The topological polar surface area (TPSA) is 79.5 Å². The normalized spacial score (nSPS) is 20.7. The van der Waals surface area contributed by atoms with Crippen LogP contribution in [0.4, 0.5) is 5.69 Å². The summed E-state index contributed by atoms with van der Waals surface area (Å²) in [6.07, 6.45) is 2.18. The maximum absolute atomic E-state index is 12.3. The molecule has 144 valence electrons. The number of anilines is 1. The molecule has 8 heteroatoms. The van der Waals surface area contributed by atoms with Gasteiger partial charge in [-0.05, 0) is 37.1 Å². The number of hydrogen-bond acceptors (Lipinski definition) is 5. The second kappa shape index (κ2) is 10.8. The maximum atomic E-state index is 12.3. The zero-order chi connectivity index (χ0) is 17.5. The third kappa shape index (κ3) is 6.46. The molecule has 2 aliphatic heterocycles. The number of carbonyl (C=O) groups excluding carboxylic acids is 2. The average Bonchev–Trinajstić information content (AvgIpc) is 2.64. The van der Waals surface area contributed by atoms with Gasteiger partial charge in [-0.25, -0.2) is 0 Å². The highest BCUT2D eigenvalue weighted by molar-refractivity contribution is 7.99. The van der Waals surface area contributed by atoms with Crippen molar-refractivity contribution < 1.29 is 14.3 Å². The first-order chi connectivity index (χ1) is 12.2. The first kappa shape index (κ1) is 21.0. The molecule has 0 aliphatic carbocycles. The molecular weight excluding hydrogens is 374 g/mol. The Hall–Kier alpha value is -1.28. The molecule has 2 aliphatic rings. The number of rotatable bonds is 5. The summed E-state index contributed by atoms with van der Waals surface area (Å²) in [5.41, 5.74) is 1.32. The minimum absolute atomic E-state index is 0. The minimum Gasteiger partial charge on any atom is -0.381 e. The molecule has 1 aromatic carbocycles. The number of nitrogens with one attached hydrogen (secondary N) is 3. The first-order valence-corrected chi connectivity index (χ1v) is 9.96. The SMILES string of the molecule is Cl.O=C(CC1CSCCN1)Nc1ccc(C(=O)NC2CCOCC2)cc1. The molecule has 0 saturated carbocycles. The van der Waals surface area contributed by atoms with Crippen molar-refractivity contribution in [2.45, 2.75) is 31.3 Å². The van der Waals surface area contributed by atoms with Gasteiger partial charge >= 0.3 is 0 Å². The van der Waals surface area contributed by atoms with E-state index in [1.807, 2.05) is 11.8 Å². The molecule has 2 saturated heterocycles. The Morgan fingerprint density at radius 2 is 1.92 bits per heavy atom. The number of hydrogen-bond donors (Lipinski definition) is 3. The van der Waals surface area contributed by atoms with Gasteiger partial charge in [0, 0.05) is 61.0 Å². The monoisotopic (exact) mass is 399 g/mol. The predicted octanol–water partition coefficient (Wildman–Crippen LogP) is 2.05. The van der Waals surface area contributed by atoms with E-state index in [4.69, 9.17) is 4.74 Å². The molecule has 0 radical (unpaired) electrons. The summed E-state index contributed by atoms with van der Waals surface area (Å²) < 4.78 is 5.30. The number of halogens is 1. The summed E-state index contributed by atoms with van der Waals surface area (Å²) in [6, 6.07) is 7.47. The standard InChI is InChI=1S/C18H25N3O3S.ClH/c22-17(11-16-12-25-10-7-19-16)20-14-3-1-13(2-4-14)18(23)21-15-5-8-24-9-6-15;/h1-4,15-16,19H,5-12H2,(H,20,22)(H,21,23);1H. The number of ether oxygens (including phenoxy) is 1. The van der Waals surface area contributed by atoms with Crippen LogP contribution in [-0.2, 0) is 9.53 Å². The van der Waals surface area contributed by atoms with E-state index in [9.17, 15) is 9.59 Å². The number of carbonyl (C=O) groups is 2. The van der Waals surface area contributed by atoms with Crippen molar-refractivity contribution >= 4 is 41.7 Å². The first-order valence-electron chi connectivity index (χ1n) is 8.80. The second-order valence-electron chi connectivity index (χ2n) is 6.42. The quantitative estimate of drug-likeness (QED) is 0.706. The molecular formula is C18H26ClN3O3S. The second-order valence-corrected chi connectivity index (χ2v) is 7.57. The third-order valence-electron chi connectivity index (χ3n) is 4.42. The predicted molar refractivity (Wildman–Crippen MR) is 107 cm³/mol. The van der Waals surface area contributed by atoms with Crippen LogP contribution in [0.15, 0.2) is 24.3 Å². The summed E-state index contributed by atoms with van der Waals surface area (Å²) >= 11 is 1.88. The van der Waals surface area contributed by atoms with E-state index in [-0.39, 0.29) is 36.3 Å². The van der Waals surface area contributed by atoms with Crippen molar-refractivity contribution in [3.63, 3.8) is 0 Å². The van der Waals surface area contributed by atoms with E-state index in [1.165, 1.54) is 0 Å². The van der Waals surface area contributed by atoms with Crippen LogP contribution in [0.3, 0.4) is 0 Å². The molecule has 2 fully saturated rings. The van der Waals surface area contributed by atoms with E-state index in [1.54, 1.807) is 24.3 Å². The number of amides is 2. The lowest BCUT2D eigenvalue weighted by Gasteiger charge is -2.23. The van der Waals surface area contributed by atoms with Crippen LogP contribution in [0.1, 0.15) is 29.6 Å². The van der Waals surface area contributed by atoms with Crippen molar-refractivity contribution in [3.8, 4) is 0 Å². The fourth-order valence-electron chi connectivity index (χ4n) is 3.00. The Kier molecular flexibility index (Phi) is 8.71. The van der Waals surface area contributed by atoms with Gasteiger partial charge in [0.1, 0.15) is 0 Å². The van der Waals surface area contributed by atoms with Gasteiger partial charge < -0.3 is 20.7 Å². The number of thioether (sulfide) groups is 1. The molecule has 3 rings (SSSR count). The fourth-order valence-corrected chi connectivity index (χ4v) is 3.95. The van der Waals surface area contributed by atoms with E-state index in [0.29, 0.717) is 25.2 Å². The Morgan fingerprint density at radius 3 is 2.58 bits per heavy atom. The van der Waals surface area contributed by atoms with Crippen molar-refractivity contribution in [2.75, 3.05) is 36.6 Å². The molecule has 2 heterocycles. The lowest BCUT2D eigenvalue weighted by atomic mass is 10.1. The Labute approximate surface area is 164 Å². The Balaban J connectivity index is 0.00000243. The summed E-state index contributed by atoms with van der Waals surface area (Å²) in [7, 11) is 0. The molecule has 1 unspecified atom stereocenters. The Morgan fingerprint density at radius 1 is 1.19 bits per heavy atom. The zero-order valence-corrected chi connectivity index (χ0v) is 16.3. The van der Waals surface area contributed by atoms with E-state index in [0.717, 1.165) is 36.6 Å². The molecule has 1 atom stereocenters. The van der Waals surface area contributed by atoms with E-state index >= 15 is 0 Å². The van der Waals surface area contributed by atoms with Gasteiger partial charge in [-0.1, -0.05) is 0 Å². The Bertz CT molecular complexity index is 588.